The van der Waals surface area contributed by atoms with Crippen LogP contribution >= 0.6 is 11.6 Å². The van der Waals surface area contributed by atoms with E-state index in [1.165, 1.54) is 0 Å². The Labute approximate surface area is 111 Å². The van der Waals surface area contributed by atoms with Gasteiger partial charge in [0.1, 0.15) is 6.10 Å². The lowest BCUT2D eigenvalue weighted by Crippen LogP contribution is -2.08. The van der Waals surface area contributed by atoms with Crippen LogP contribution in [0.15, 0.2) is 30.3 Å². The number of halogens is 1. The molecule has 4 heteroatoms. The van der Waals surface area contributed by atoms with Gasteiger partial charge in [-0.3, -0.25) is 0 Å². The molecule has 1 heterocycles. The van der Waals surface area contributed by atoms with Crippen LogP contribution in [-0.4, -0.2) is 15.3 Å². The number of nitrogens with zero attached hydrogens (tertiary/aromatic N) is 2. The summed E-state index contributed by atoms with van der Waals surface area (Å²) in [5, 5.41) is 19.1. The normalized spacial score (nSPS) is 12.4. The Hall–Kier alpha value is -1.45. The van der Waals surface area contributed by atoms with Crippen molar-refractivity contribution in [2.75, 3.05) is 0 Å². The van der Waals surface area contributed by atoms with Gasteiger partial charge in [-0.15, -0.1) is 0 Å². The molecule has 3 nitrogen and oxygen atoms in total. The van der Waals surface area contributed by atoms with E-state index < -0.39 is 6.10 Å². The summed E-state index contributed by atoms with van der Waals surface area (Å²) in [6.07, 6.45) is -0.0349. The van der Waals surface area contributed by atoms with Gasteiger partial charge in [0.15, 0.2) is 0 Å². The predicted molar refractivity (Wildman–Crippen MR) is 71.7 cm³/mol. The summed E-state index contributed by atoms with van der Waals surface area (Å²) in [6.45, 7) is 3.84. The van der Waals surface area contributed by atoms with Crippen molar-refractivity contribution in [3.8, 4) is 0 Å². The molecular weight excluding hydrogens is 248 g/mol. The molecule has 1 aromatic carbocycles. The third-order valence-electron chi connectivity index (χ3n) is 2.86. The summed E-state index contributed by atoms with van der Waals surface area (Å²) in [5.41, 5.74) is 3.06. The highest BCUT2D eigenvalue weighted by atomic mass is 35.5. The number of aryl methyl sites for hydroxylation is 2. The number of rotatable bonds is 3. The first-order valence-corrected chi connectivity index (χ1v) is 6.27. The lowest BCUT2D eigenvalue weighted by molar-refractivity contribution is 0.218. The van der Waals surface area contributed by atoms with Crippen LogP contribution in [-0.2, 0) is 6.42 Å². The van der Waals surface area contributed by atoms with Crippen LogP contribution < -0.4 is 0 Å². The van der Waals surface area contributed by atoms with E-state index in [0.717, 1.165) is 23.4 Å². The quantitative estimate of drug-likeness (QED) is 0.925. The second-order valence-corrected chi connectivity index (χ2v) is 4.57. The average Bonchev–Trinajstić information content (AvgIpc) is 2.38. The second kappa shape index (κ2) is 5.46. The van der Waals surface area contributed by atoms with E-state index in [1.807, 2.05) is 38.1 Å². The number of aliphatic hydroxyl groups is 1. The maximum absolute atomic E-state index is 10.5. The lowest BCUT2D eigenvalue weighted by Gasteiger charge is -2.15. The fourth-order valence-corrected chi connectivity index (χ4v) is 2.15. The molecule has 1 unspecified atom stereocenters. The van der Waals surface area contributed by atoms with Crippen LogP contribution in [0, 0.1) is 6.92 Å². The minimum Gasteiger partial charge on any atom is -0.384 e. The summed E-state index contributed by atoms with van der Waals surface area (Å²) in [7, 11) is 0. The van der Waals surface area contributed by atoms with Crippen molar-refractivity contribution < 1.29 is 5.11 Å². The molecule has 94 valence electrons. The van der Waals surface area contributed by atoms with Crippen LogP contribution in [0.1, 0.15) is 35.5 Å². The summed E-state index contributed by atoms with van der Waals surface area (Å²) in [6, 6.07) is 9.15. The molecule has 1 aromatic heterocycles. The zero-order valence-corrected chi connectivity index (χ0v) is 11.1. The molecule has 0 aliphatic rings. The second-order valence-electron chi connectivity index (χ2n) is 4.17. The highest BCUT2D eigenvalue weighted by Gasteiger charge is 2.17. The summed E-state index contributed by atoms with van der Waals surface area (Å²) < 4.78 is 0. The van der Waals surface area contributed by atoms with Crippen LogP contribution in [0.25, 0.3) is 0 Å². The van der Waals surface area contributed by atoms with Gasteiger partial charge < -0.3 is 5.11 Å². The van der Waals surface area contributed by atoms with Crippen LogP contribution in [0.2, 0.25) is 5.02 Å². The fraction of sp³-hybridized carbons (Fsp3) is 0.286. The monoisotopic (exact) mass is 262 g/mol. The number of benzene rings is 1. The molecule has 2 rings (SSSR count). The van der Waals surface area contributed by atoms with Gasteiger partial charge in [0, 0.05) is 16.1 Å². The molecule has 0 fully saturated rings. The van der Waals surface area contributed by atoms with Gasteiger partial charge in [-0.1, -0.05) is 36.7 Å². The van der Waals surface area contributed by atoms with E-state index in [1.54, 1.807) is 6.07 Å². The van der Waals surface area contributed by atoms with E-state index in [4.69, 9.17) is 11.6 Å². The summed E-state index contributed by atoms with van der Waals surface area (Å²) in [4.78, 5) is 0. The molecule has 0 aliphatic heterocycles. The van der Waals surface area contributed by atoms with Crippen LogP contribution in [0.5, 0.6) is 0 Å². The Balaban J connectivity index is 2.48. The van der Waals surface area contributed by atoms with Gasteiger partial charge in [-0.2, -0.15) is 10.2 Å². The largest absolute Gasteiger partial charge is 0.384 e. The predicted octanol–water partition coefficient (Wildman–Crippen LogP) is 3.08. The summed E-state index contributed by atoms with van der Waals surface area (Å²) >= 11 is 6.11. The molecule has 1 atom stereocenters. The molecule has 0 saturated carbocycles. The zero-order chi connectivity index (χ0) is 13.1. The van der Waals surface area contributed by atoms with Crippen LogP contribution in [0.3, 0.4) is 0 Å². The van der Waals surface area contributed by atoms with Crippen molar-refractivity contribution in [2.45, 2.75) is 26.4 Å². The first kappa shape index (κ1) is 13.0. The fourth-order valence-electron chi connectivity index (χ4n) is 1.91. The van der Waals surface area contributed by atoms with Crippen LogP contribution in [0.4, 0.5) is 0 Å². The van der Waals surface area contributed by atoms with Crippen molar-refractivity contribution in [3.63, 3.8) is 0 Å². The number of aliphatic hydroxyl groups excluding tert-OH is 1. The SMILES string of the molecule is CCc1nnc(C)cc1C(O)c1ccccc1Cl. The molecule has 0 radical (unpaired) electrons. The standard InChI is InChI=1S/C14H15ClN2O/c1-3-13-11(8-9(2)16-17-13)14(18)10-6-4-5-7-12(10)15/h4-8,14,18H,3H2,1-2H3. The van der Waals surface area contributed by atoms with Gasteiger partial charge in [0.05, 0.1) is 11.4 Å². The topological polar surface area (TPSA) is 46.0 Å². The maximum Gasteiger partial charge on any atom is 0.107 e. The third kappa shape index (κ3) is 2.52. The molecule has 0 saturated heterocycles. The van der Waals surface area contributed by atoms with E-state index in [2.05, 4.69) is 10.2 Å². The van der Waals surface area contributed by atoms with E-state index in [-0.39, 0.29) is 0 Å². The van der Waals surface area contributed by atoms with Crippen molar-refractivity contribution in [2.24, 2.45) is 0 Å². The van der Waals surface area contributed by atoms with Gasteiger partial charge in [-0.05, 0) is 25.5 Å². The zero-order valence-electron chi connectivity index (χ0n) is 10.4. The van der Waals surface area contributed by atoms with Crippen molar-refractivity contribution in [1.82, 2.24) is 10.2 Å². The number of hydrogen-bond acceptors (Lipinski definition) is 3. The Morgan fingerprint density at radius 3 is 2.61 bits per heavy atom. The molecule has 2 aromatic rings. The highest BCUT2D eigenvalue weighted by molar-refractivity contribution is 6.31. The van der Waals surface area contributed by atoms with Gasteiger partial charge >= 0.3 is 0 Å². The van der Waals surface area contributed by atoms with Gasteiger partial charge in [-0.25, -0.2) is 0 Å². The Morgan fingerprint density at radius 1 is 1.22 bits per heavy atom. The molecule has 0 aliphatic carbocycles. The Kier molecular flexibility index (Phi) is 3.94. The maximum atomic E-state index is 10.5. The van der Waals surface area contributed by atoms with Gasteiger partial charge in [0.2, 0.25) is 0 Å². The first-order chi connectivity index (χ1) is 8.63. The third-order valence-corrected chi connectivity index (χ3v) is 3.20. The Bertz CT molecular complexity index is 557. The van der Waals surface area contributed by atoms with Crippen molar-refractivity contribution in [1.29, 1.82) is 0 Å². The molecule has 0 bridgehead atoms. The minimum atomic E-state index is -0.761. The van der Waals surface area contributed by atoms with E-state index in [9.17, 15) is 5.11 Å². The minimum absolute atomic E-state index is 0.557. The molecule has 1 N–H and O–H groups in total. The Morgan fingerprint density at radius 2 is 1.94 bits per heavy atom. The molecule has 0 spiro atoms. The highest BCUT2D eigenvalue weighted by Crippen LogP contribution is 2.29. The van der Waals surface area contributed by atoms with E-state index >= 15 is 0 Å². The molecular formula is C14H15ClN2O. The van der Waals surface area contributed by atoms with Gasteiger partial charge in [0.25, 0.3) is 0 Å². The smallest absolute Gasteiger partial charge is 0.107 e. The van der Waals surface area contributed by atoms with Crippen molar-refractivity contribution >= 4 is 11.6 Å². The number of hydrogen-bond donors (Lipinski definition) is 1. The van der Waals surface area contributed by atoms with Crippen molar-refractivity contribution in [3.05, 3.63) is 57.9 Å². The average molecular weight is 263 g/mol. The summed E-state index contributed by atoms with van der Waals surface area (Å²) in [5.74, 6) is 0. The molecule has 0 amide bonds. The van der Waals surface area contributed by atoms with E-state index in [0.29, 0.717) is 10.6 Å². The number of aromatic nitrogens is 2. The molecule has 18 heavy (non-hydrogen) atoms. The first-order valence-electron chi connectivity index (χ1n) is 5.89. The lowest BCUT2D eigenvalue weighted by atomic mass is 9.99.